The minimum atomic E-state index is -0.564. The molecule has 0 saturated carbocycles. The zero-order chi connectivity index (χ0) is 27.6. The van der Waals surface area contributed by atoms with E-state index in [1.807, 2.05) is 95.3 Å². The van der Waals surface area contributed by atoms with Crippen molar-refractivity contribution in [3.05, 3.63) is 106 Å². The van der Waals surface area contributed by atoms with Crippen LogP contribution in [0.15, 0.2) is 76.1 Å². The lowest BCUT2D eigenvalue weighted by atomic mass is 10.0. The van der Waals surface area contributed by atoms with E-state index in [4.69, 9.17) is 9.15 Å². The number of ether oxygens (including phenoxy) is 1. The number of aromatic nitrogens is 5. The molecule has 0 saturated heterocycles. The zero-order valence-corrected chi connectivity index (χ0v) is 23.0. The third-order valence-corrected chi connectivity index (χ3v) is 6.62. The Balaban J connectivity index is 1.68. The summed E-state index contributed by atoms with van der Waals surface area (Å²) in [6.07, 6.45) is 1.66. The number of nitrogens with one attached hydrogen (secondary N) is 1. The first-order valence-electron chi connectivity index (χ1n) is 13.1. The summed E-state index contributed by atoms with van der Waals surface area (Å²) in [5.74, 6) is 2.17. The first-order valence-corrected chi connectivity index (χ1v) is 13.1. The molecule has 2 aromatic carbocycles. The largest absolute Gasteiger partial charge is 0.494 e. The second kappa shape index (κ2) is 10.9. The Morgan fingerprint density at radius 2 is 1.87 bits per heavy atom. The SMILES string of the molecule is CCOc1ccc(CN(Cc2ccco2)[C@H](c2cc3ccc(C)cc3[nH]c2=O)c2nnnn2C(C)(C)C)cc1. The van der Waals surface area contributed by atoms with E-state index in [-0.39, 0.29) is 5.56 Å². The van der Waals surface area contributed by atoms with Gasteiger partial charge in [0, 0.05) is 17.6 Å². The van der Waals surface area contributed by atoms with E-state index in [0.717, 1.165) is 33.5 Å². The van der Waals surface area contributed by atoms with Gasteiger partial charge in [-0.05, 0) is 98.0 Å². The van der Waals surface area contributed by atoms with Crippen molar-refractivity contribution < 1.29 is 9.15 Å². The van der Waals surface area contributed by atoms with Gasteiger partial charge in [-0.3, -0.25) is 9.69 Å². The van der Waals surface area contributed by atoms with Crippen LogP contribution in [-0.4, -0.2) is 36.7 Å². The van der Waals surface area contributed by atoms with Crippen molar-refractivity contribution in [2.24, 2.45) is 0 Å². The van der Waals surface area contributed by atoms with Crippen LogP contribution >= 0.6 is 0 Å². The lowest BCUT2D eigenvalue weighted by Crippen LogP contribution is -2.37. The summed E-state index contributed by atoms with van der Waals surface area (Å²) < 4.78 is 13.2. The Kier molecular flexibility index (Phi) is 7.34. The lowest BCUT2D eigenvalue weighted by Gasteiger charge is -2.32. The van der Waals surface area contributed by atoms with Crippen LogP contribution in [0.4, 0.5) is 0 Å². The minimum absolute atomic E-state index is 0.183. The van der Waals surface area contributed by atoms with Crippen LogP contribution in [0, 0.1) is 6.92 Å². The molecule has 1 atom stereocenters. The highest BCUT2D eigenvalue weighted by Gasteiger charge is 2.34. The fourth-order valence-corrected chi connectivity index (χ4v) is 4.81. The van der Waals surface area contributed by atoms with Gasteiger partial charge < -0.3 is 14.1 Å². The van der Waals surface area contributed by atoms with Crippen molar-refractivity contribution >= 4 is 10.9 Å². The molecule has 5 rings (SSSR count). The topological polar surface area (TPSA) is 102 Å². The maximum atomic E-state index is 13.7. The fourth-order valence-electron chi connectivity index (χ4n) is 4.81. The fraction of sp³-hybridized carbons (Fsp3) is 0.333. The Bertz CT molecular complexity index is 1600. The highest BCUT2D eigenvalue weighted by Crippen LogP contribution is 2.32. The van der Waals surface area contributed by atoms with Crippen LogP contribution < -0.4 is 10.3 Å². The third kappa shape index (κ3) is 5.78. The van der Waals surface area contributed by atoms with Gasteiger partial charge in [-0.1, -0.05) is 24.3 Å². The van der Waals surface area contributed by atoms with Crippen LogP contribution in [0.3, 0.4) is 0 Å². The maximum Gasteiger partial charge on any atom is 0.253 e. The molecule has 0 radical (unpaired) electrons. The average molecular weight is 527 g/mol. The van der Waals surface area contributed by atoms with Gasteiger partial charge in [0.25, 0.3) is 5.56 Å². The van der Waals surface area contributed by atoms with E-state index in [2.05, 4.69) is 25.4 Å². The quantitative estimate of drug-likeness (QED) is 0.276. The number of rotatable bonds is 9. The minimum Gasteiger partial charge on any atom is -0.494 e. The highest BCUT2D eigenvalue weighted by molar-refractivity contribution is 5.79. The molecule has 0 spiro atoms. The summed E-state index contributed by atoms with van der Waals surface area (Å²) in [7, 11) is 0. The molecule has 0 fully saturated rings. The zero-order valence-electron chi connectivity index (χ0n) is 23.0. The van der Waals surface area contributed by atoms with Crippen molar-refractivity contribution in [2.45, 2.75) is 59.3 Å². The smallest absolute Gasteiger partial charge is 0.253 e. The molecule has 3 heterocycles. The summed E-state index contributed by atoms with van der Waals surface area (Å²) in [6, 6.07) is 19.2. The van der Waals surface area contributed by atoms with Crippen LogP contribution in [0.5, 0.6) is 5.75 Å². The molecule has 9 nitrogen and oxygen atoms in total. The highest BCUT2D eigenvalue weighted by atomic mass is 16.5. The van der Waals surface area contributed by atoms with E-state index in [0.29, 0.717) is 31.1 Å². The van der Waals surface area contributed by atoms with Crippen molar-refractivity contribution in [2.75, 3.05) is 6.61 Å². The first kappa shape index (κ1) is 26.4. The van der Waals surface area contributed by atoms with E-state index >= 15 is 0 Å². The monoisotopic (exact) mass is 526 g/mol. The normalized spacial score (nSPS) is 12.8. The van der Waals surface area contributed by atoms with E-state index in [1.54, 1.807) is 10.9 Å². The number of hydrogen-bond donors (Lipinski definition) is 1. The van der Waals surface area contributed by atoms with Gasteiger partial charge in [0.15, 0.2) is 5.82 Å². The summed E-state index contributed by atoms with van der Waals surface area (Å²) >= 11 is 0. The number of pyridine rings is 1. The van der Waals surface area contributed by atoms with E-state index in [9.17, 15) is 4.79 Å². The Morgan fingerprint density at radius 3 is 2.56 bits per heavy atom. The van der Waals surface area contributed by atoms with Gasteiger partial charge in [-0.15, -0.1) is 5.10 Å². The average Bonchev–Trinajstić information content (AvgIpc) is 3.58. The van der Waals surface area contributed by atoms with Gasteiger partial charge in [-0.25, -0.2) is 4.68 Å². The van der Waals surface area contributed by atoms with Crippen molar-refractivity contribution in [3.8, 4) is 5.75 Å². The van der Waals surface area contributed by atoms with Gasteiger partial charge in [0.05, 0.1) is 25.0 Å². The standard InChI is InChI=1S/C30H34N6O3/c1-6-38-23-13-10-21(11-14-23)18-35(19-24-8-7-15-39-24)27(28-32-33-34-36(28)30(3,4)5)25-17-22-12-9-20(2)16-26(22)31-29(25)37/h7-17,27H,6,18-19H2,1-5H3,(H,31,37)/t27-/m1/s1. The van der Waals surface area contributed by atoms with Crippen molar-refractivity contribution in [1.82, 2.24) is 30.1 Å². The lowest BCUT2D eigenvalue weighted by molar-refractivity contribution is 0.171. The Hall–Kier alpha value is -4.24. The molecule has 3 aromatic heterocycles. The van der Waals surface area contributed by atoms with E-state index < -0.39 is 11.6 Å². The van der Waals surface area contributed by atoms with Crippen LogP contribution in [0.25, 0.3) is 10.9 Å². The number of benzene rings is 2. The summed E-state index contributed by atoms with van der Waals surface area (Å²) in [5.41, 5.74) is 2.89. The van der Waals surface area contributed by atoms with Crippen molar-refractivity contribution in [1.29, 1.82) is 0 Å². The number of H-pyrrole nitrogens is 1. The maximum absolute atomic E-state index is 13.7. The number of aromatic amines is 1. The molecule has 5 aromatic rings. The number of fused-ring (bicyclic) bond motifs is 1. The molecule has 0 amide bonds. The number of nitrogens with zero attached hydrogens (tertiary/aromatic N) is 5. The van der Waals surface area contributed by atoms with Gasteiger partial charge in [0.2, 0.25) is 0 Å². The van der Waals surface area contributed by atoms with Gasteiger partial charge >= 0.3 is 0 Å². The molecule has 0 aliphatic rings. The summed E-state index contributed by atoms with van der Waals surface area (Å²) in [4.78, 5) is 19.0. The molecule has 9 heteroatoms. The molecule has 39 heavy (non-hydrogen) atoms. The van der Waals surface area contributed by atoms with Crippen LogP contribution in [0.2, 0.25) is 0 Å². The van der Waals surface area contributed by atoms with Crippen LogP contribution in [0.1, 0.15) is 62.0 Å². The Morgan fingerprint density at radius 1 is 1.08 bits per heavy atom. The van der Waals surface area contributed by atoms with E-state index in [1.165, 1.54) is 0 Å². The summed E-state index contributed by atoms with van der Waals surface area (Å²) in [5, 5.41) is 13.8. The molecular weight excluding hydrogens is 492 g/mol. The number of tetrazole rings is 1. The number of aryl methyl sites for hydroxylation is 1. The molecule has 202 valence electrons. The number of hydrogen-bond acceptors (Lipinski definition) is 7. The second-order valence-corrected chi connectivity index (χ2v) is 10.7. The molecule has 0 aliphatic carbocycles. The molecule has 0 bridgehead atoms. The molecule has 1 N–H and O–H groups in total. The third-order valence-electron chi connectivity index (χ3n) is 6.62. The summed E-state index contributed by atoms with van der Waals surface area (Å²) in [6.45, 7) is 11.7. The molecule has 0 unspecified atom stereocenters. The van der Waals surface area contributed by atoms with Crippen LogP contribution in [-0.2, 0) is 18.6 Å². The predicted octanol–water partition coefficient (Wildman–Crippen LogP) is 5.36. The van der Waals surface area contributed by atoms with Crippen molar-refractivity contribution in [3.63, 3.8) is 0 Å². The Labute approximate surface area is 227 Å². The second-order valence-electron chi connectivity index (χ2n) is 10.7. The predicted molar refractivity (Wildman–Crippen MR) is 150 cm³/mol. The number of furan rings is 1. The molecule has 0 aliphatic heterocycles. The van der Waals surface area contributed by atoms with Gasteiger partial charge in [0.1, 0.15) is 17.6 Å². The molecular formula is C30H34N6O3. The first-order chi connectivity index (χ1) is 18.7. The van der Waals surface area contributed by atoms with Gasteiger partial charge in [-0.2, -0.15) is 0 Å².